The van der Waals surface area contributed by atoms with Crippen LogP contribution < -0.4 is 5.32 Å². The lowest BCUT2D eigenvalue weighted by molar-refractivity contribution is 0.0659. The van der Waals surface area contributed by atoms with Crippen LogP contribution in [0, 0.1) is 12.8 Å². The van der Waals surface area contributed by atoms with Crippen molar-refractivity contribution in [2.24, 2.45) is 5.92 Å². The van der Waals surface area contributed by atoms with Crippen LogP contribution >= 0.6 is 0 Å². The quantitative estimate of drug-likeness (QED) is 0.783. The highest BCUT2D eigenvalue weighted by Crippen LogP contribution is 2.15. The molecule has 1 heterocycles. The predicted molar refractivity (Wildman–Crippen MR) is 70.8 cm³/mol. The fourth-order valence-electron chi connectivity index (χ4n) is 1.98. The van der Waals surface area contributed by atoms with Gasteiger partial charge in [0.05, 0.1) is 6.54 Å². The van der Waals surface area contributed by atoms with Crippen molar-refractivity contribution < 1.29 is 14.3 Å². The summed E-state index contributed by atoms with van der Waals surface area (Å²) in [5.41, 5.74) is 0.675. The Morgan fingerprint density at radius 1 is 1.50 bits per heavy atom. The van der Waals surface area contributed by atoms with Gasteiger partial charge in [0.1, 0.15) is 5.76 Å². The molecule has 1 aromatic rings. The van der Waals surface area contributed by atoms with Crippen molar-refractivity contribution in [3.05, 3.63) is 23.2 Å². The summed E-state index contributed by atoms with van der Waals surface area (Å²) in [6.45, 7) is 8.88. The summed E-state index contributed by atoms with van der Waals surface area (Å²) in [6.07, 6.45) is 2.29. The Balaban J connectivity index is 2.48. The monoisotopic (exact) mass is 253 g/mol. The Morgan fingerprint density at radius 3 is 2.67 bits per heavy atom. The summed E-state index contributed by atoms with van der Waals surface area (Å²) in [4.78, 5) is 10.8. The number of hydrogen-bond acceptors (Lipinski definition) is 3. The molecule has 0 spiro atoms. The third-order valence-electron chi connectivity index (χ3n) is 3.24. The first-order valence-electron chi connectivity index (χ1n) is 6.50. The van der Waals surface area contributed by atoms with E-state index in [4.69, 9.17) is 9.52 Å². The van der Waals surface area contributed by atoms with Gasteiger partial charge in [-0.05, 0) is 32.3 Å². The molecule has 2 N–H and O–H groups in total. The Hall–Kier alpha value is -1.29. The molecule has 4 heteroatoms. The van der Waals surface area contributed by atoms with Gasteiger partial charge >= 0.3 is 5.97 Å². The first-order valence-corrected chi connectivity index (χ1v) is 6.50. The highest BCUT2D eigenvalue weighted by atomic mass is 16.4. The van der Waals surface area contributed by atoms with Gasteiger partial charge in [0, 0.05) is 11.6 Å². The van der Waals surface area contributed by atoms with Gasteiger partial charge in [0.2, 0.25) is 5.76 Å². The van der Waals surface area contributed by atoms with E-state index in [1.165, 1.54) is 6.42 Å². The van der Waals surface area contributed by atoms with Crippen LogP contribution in [0.2, 0.25) is 0 Å². The van der Waals surface area contributed by atoms with Crippen LogP contribution in [-0.4, -0.2) is 17.1 Å². The van der Waals surface area contributed by atoms with Crippen molar-refractivity contribution in [3.8, 4) is 0 Å². The molecule has 0 saturated carbocycles. The second-order valence-electron chi connectivity index (χ2n) is 5.06. The number of nitrogens with one attached hydrogen (secondary N) is 1. The Bertz CT molecular complexity index is 398. The van der Waals surface area contributed by atoms with E-state index in [9.17, 15) is 4.79 Å². The van der Waals surface area contributed by atoms with Crippen LogP contribution in [0.5, 0.6) is 0 Å². The third kappa shape index (κ3) is 4.18. The molecule has 102 valence electrons. The standard InChI is InChI=1S/C14H23NO3/c1-5-9(2)6-11(4)15-8-12-7-10(3)13(18-12)14(16)17/h7,9,11,15H,5-6,8H2,1-4H3,(H,16,17). The lowest BCUT2D eigenvalue weighted by atomic mass is 10.0. The molecular weight excluding hydrogens is 230 g/mol. The van der Waals surface area contributed by atoms with Crippen molar-refractivity contribution in [1.29, 1.82) is 0 Å². The van der Waals surface area contributed by atoms with E-state index in [1.807, 2.05) is 0 Å². The van der Waals surface area contributed by atoms with Gasteiger partial charge in [-0.1, -0.05) is 20.3 Å². The minimum absolute atomic E-state index is 0.0429. The maximum atomic E-state index is 10.8. The molecule has 0 radical (unpaired) electrons. The maximum Gasteiger partial charge on any atom is 0.372 e. The molecule has 0 amide bonds. The fraction of sp³-hybridized carbons (Fsp3) is 0.643. The third-order valence-corrected chi connectivity index (χ3v) is 3.24. The highest BCUT2D eigenvalue weighted by Gasteiger charge is 2.14. The summed E-state index contributed by atoms with van der Waals surface area (Å²) < 4.78 is 5.30. The molecule has 2 atom stereocenters. The van der Waals surface area contributed by atoms with E-state index < -0.39 is 5.97 Å². The molecule has 0 aromatic carbocycles. The van der Waals surface area contributed by atoms with Crippen LogP contribution in [0.15, 0.2) is 10.5 Å². The van der Waals surface area contributed by atoms with Gasteiger partial charge in [-0.15, -0.1) is 0 Å². The van der Waals surface area contributed by atoms with Gasteiger partial charge < -0.3 is 14.8 Å². The Morgan fingerprint density at radius 2 is 2.17 bits per heavy atom. The van der Waals surface area contributed by atoms with Crippen molar-refractivity contribution in [2.75, 3.05) is 0 Å². The normalized spacial score (nSPS) is 14.4. The summed E-state index contributed by atoms with van der Waals surface area (Å²) in [7, 11) is 0. The molecule has 0 aliphatic heterocycles. The molecule has 4 nitrogen and oxygen atoms in total. The van der Waals surface area contributed by atoms with Crippen LogP contribution in [0.25, 0.3) is 0 Å². The van der Waals surface area contributed by atoms with Crippen molar-refractivity contribution in [1.82, 2.24) is 5.32 Å². The SMILES string of the molecule is CCC(C)CC(C)NCc1cc(C)c(C(=O)O)o1. The van der Waals surface area contributed by atoms with Crippen LogP contribution in [-0.2, 0) is 6.54 Å². The maximum absolute atomic E-state index is 10.8. The van der Waals surface area contributed by atoms with E-state index in [0.29, 0.717) is 29.8 Å². The zero-order chi connectivity index (χ0) is 13.7. The average molecular weight is 253 g/mol. The number of aromatic carboxylic acids is 1. The zero-order valence-corrected chi connectivity index (χ0v) is 11.6. The lowest BCUT2D eigenvalue weighted by Gasteiger charge is -2.16. The van der Waals surface area contributed by atoms with Crippen LogP contribution in [0.1, 0.15) is 55.5 Å². The molecule has 0 saturated heterocycles. The van der Waals surface area contributed by atoms with Gasteiger partial charge in [0.25, 0.3) is 0 Å². The van der Waals surface area contributed by atoms with Gasteiger partial charge in [-0.25, -0.2) is 4.79 Å². The minimum Gasteiger partial charge on any atom is -0.475 e. The molecule has 0 fully saturated rings. The summed E-state index contributed by atoms with van der Waals surface area (Å²) in [5, 5.41) is 12.3. The van der Waals surface area contributed by atoms with E-state index in [0.717, 1.165) is 6.42 Å². The fourth-order valence-corrected chi connectivity index (χ4v) is 1.98. The lowest BCUT2D eigenvalue weighted by Crippen LogP contribution is -2.27. The average Bonchev–Trinajstić information content (AvgIpc) is 2.68. The Kier molecular flexibility index (Phi) is 5.41. The number of hydrogen-bond donors (Lipinski definition) is 2. The number of carbonyl (C=O) groups is 1. The second-order valence-corrected chi connectivity index (χ2v) is 5.06. The zero-order valence-electron chi connectivity index (χ0n) is 11.6. The Labute approximate surface area is 108 Å². The highest BCUT2D eigenvalue weighted by molar-refractivity contribution is 5.86. The van der Waals surface area contributed by atoms with Gasteiger partial charge in [-0.3, -0.25) is 0 Å². The molecule has 0 aliphatic carbocycles. The molecule has 2 unspecified atom stereocenters. The number of carboxylic acid groups (broad SMARTS) is 1. The van der Waals surface area contributed by atoms with Crippen molar-refractivity contribution in [3.63, 3.8) is 0 Å². The predicted octanol–water partition coefficient (Wildman–Crippen LogP) is 3.20. The second kappa shape index (κ2) is 6.59. The molecule has 0 aliphatic rings. The number of carboxylic acids is 1. The van der Waals surface area contributed by atoms with E-state index in [1.54, 1.807) is 13.0 Å². The molecule has 1 rings (SSSR count). The van der Waals surface area contributed by atoms with Gasteiger partial charge in [0.15, 0.2) is 0 Å². The summed E-state index contributed by atoms with van der Waals surface area (Å²) in [5.74, 6) is 0.411. The van der Waals surface area contributed by atoms with Crippen molar-refractivity contribution >= 4 is 5.97 Å². The summed E-state index contributed by atoms with van der Waals surface area (Å²) >= 11 is 0. The smallest absolute Gasteiger partial charge is 0.372 e. The number of rotatable bonds is 7. The topological polar surface area (TPSA) is 62.5 Å². The van der Waals surface area contributed by atoms with Crippen molar-refractivity contribution in [2.45, 2.75) is 53.1 Å². The first kappa shape index (κ1) is 14.8. The largest absolute Gasteiger partial charge is 0.475 e. The van der Waals surface area contributed by atoms with E-state index in [-0.39, 0.29) is 5.76 Å². The number of aryl methyl sites for hydroxylation is 1. The van der Waals surface area contributed by atoms with E-state index in [2.05, 4.69) is 26.1 Å². The van der Waals surface area contributed by atoms with E-state index >= 15 is 0 Å². The van der Waals surface area contributed by atoms with Gasteiger partial charge in [-0.2, -0.15) is 0 Å². The molecule has 1 aromatic heterocycles. The summed E-state index contributed by atoms with van der Waals surface area (Å²) in [6, 6.07) is 2.19. The molecule has 18 heavy (non-hydrogen) atoms. The molecule has 0 bridgehead atoms. The molecular formula is C14H23NO3. The minimum atomic E-state index is -1.01. The number of furan rings is 1. The van der Waals surface area contributed by atoms with Crippen LogP contribution in [0.3, 0.4) is 0 Å². The first-order chi connectivity index (χ1) is 8.43. The van der Waals surface area contributed by atoms with Crippen LogP contribution in [0.4, 0.5) is 0 Å².